The van der Waals surface area contributed by atoms with Crippen molar-refractivity contribution in [1.29, 1.82) is 0 Å². The molecule has 7 heteroatoms. The predicted octanol–water partition coefficient (Wildman–Crippen LogP) is 4.18. The van der Waals surface area contributed by atoms with Crippen molar-refractivity contribution in [2.75, 3.05) is 33.9 Å². The first-order valence-electron chi connectivity index (χ1n) is 10.7. The molecule has 1 fully saturated rings. The van der Waals surface area contributed by atoms with E-state index in [0.29, 0.717) is 12.3 Å². The van der Waals surface area contributed by atoms with E-state index in [-0.39, 0.29) is 12.1 Å². The summed E-state index contributed by atoms with van der Waals surface area (Å²) in [6.07, 6.45) is 4.74. The van der Waals surface area contributed by atoms with Crippen LogP contribution in [0, 0.1) is 0 Å². The fraction of sp³-hybridized carbons (Fsp3) is 0.583. The fourth-order valence-corrected chi connectivity index (χ4v) is 3.17. The molecule has 0 saturated carbocycles. The molecule has 1 saturated heterocycles. The molecule has 0 aliphatic carbocycles. The number of hydrogen-bond donors (Lipinski definition) is 1. The quantitative estimate of drug-likeness (QED) is 0.719. The molecule has 2 aliphatic rings. The highest BCUT2D eigenvalue weighted by molar-refractivity contribution is 5.74. The Balaban J connectivity index is 0.000000275. The molecule has 1 N–H and O–H groups in total. The number of aldehydes is 1. The third kappa shape index (κ3) is 11.0. The summed E-state index contributed by atoms with van der Waals surface area (Å²) in [5.74, 6) is 0.536. The summed E-state index contributed by atoms with van der Waals surface area (Å²) in [4.78, 5) is 26.0. The van der Waals surface area contributed by atoms with Crippen LogP contribution in [0.3, 0.4) is 0 Å². The van der Waals surface area contributed by atoms with Crippen molar-refractivity contribution in [2.24, 2.45) is 0 Å². The molecule has 7 nitrogen and oxygen atoms in total. The molecule has 174 valence electrons. The first-order chi connectivity index (χ1) is 14.7. The lowest BCUT2D eigenvalue weighted by molar-refractivity contribution is -0.111. The topological polar surface area (TPSA) is 79.3 Å². The van der Waals surface area contributed by atoms with Crippen LogP contribution in [0.15, 0.2) is 42.2 Å². The molecular formula is C24H38N2O5. The van der Waals surface area contributed by atoms with Crippen LogP contribution in [-0.2, 0) is 20.8 Å². The number of aliphatic hydroxyl groups is 1. The van der Waals surface area contributed by atoms with Crippen LogP contribution in [0.1, 0.15) is 45.6 Å². The Kier molecular flexibility index (Phi) is 11.9. The lowest BCUT2D eigenvalue weighted by Gasteiger charge is -2.26. The first-order valence-corrected chi connectivity index (χ1v) is 10.7. The Morgan fingerprint density at radius 2 is 1.84 bits per heavy atom. The summed E-state index contributed by atoms with van der Waals surface area (Å²) in [7, 11) is 3.25. The number of hydrogen-bond acceptors (Lipinski definition) is 6. The number of aliphatic hydroxyl groups excluding tert-OH is 1. The fourth-order valence-electron chi connectivity index (χ4n) is 3.17. The molecule has 0 aromatic heterocycles. The highest BCUT2D eigenvalue weighted by atomic mass is 16.6. The molecule has 1 amide bonds. The third-order valence-corrected chi connectivity index (χ3v) is 4.60. The number of rotatable bonds is 3. The lowest BCUT2D eigenvalue weighted by atomic mass is 10.1. The Morgan fingerprint density at radius 3 is 2.35 bits per heavy atom. The maximum absolute atomic E-state index is 11.6. The number of likely N-dealkylation sites (tertiary alicyclic amines) is 1. The van der Waals surface area contributed by atoms with Crippen molar-refractivity contribution in [3.05, 3.63) is 47.7 Å². The molecule has 2 aliphatic heterocycles. The normalized spacial score (nSPS) is 18.7. The van der Waals surface area contributed by atoms with E-state index in [1.54, 1.807) is 14.2 Å². The number of ether oxygens (including phenoxy) is 2. The summed E-state index contributed by atoms with van der Waals surface area (Å²) in [6, 6.07) is 10.1. The van der Waals surface area contributed by atoms with Crippen LogP contribution < -0.4 is 0 Å². The van der Waals surface area contributed by atoms with Crippen LogP contribution in [0.2, 0.25) is 0 Å². The minimum atomic E-state index is -0.493. The second kappa shape index (κ2) is 13.8. The molecule has 1 unspecified atom stereocenters. The van der Waals surface area contributed by atoms with Gasteiger partial charge in [0.25, 0.3) is 0 Å². The molecule has 1 atom stereocenters. The minimum Gasteiger partial charge on any atom is -0.513 e. The molecule has 2 heterocycles. The second-order valence-electron chi connectivity index (χ2n) is 8.59. The summed E-state index contributed by atoms with van der Waals surface area (Å²) < 4.78 is 9.43. The Bertz CT molecular complexity index is 685. The molecule has 31 heavy (non-hydrogen) atoms. The van der Waals surface area contributed by atoms with E-state index >= 15 is 0 Å². The molecule has 1 aromatic carbocycles. The van der Waals surface area contributed by atoms with Crippen molar-refractivity contribution in [1.82, 2.24) is 9.80 Å². The van der Waals surface area contributed by atoms with E-state index in [0.717, 1.165) is 45.2 Å². The van der Waals surface area contributed by atoms with Gasteiger partial charge in [-0.2, -0.15) is 0 Å². The van der Waals surface area contributed by atoms with Crippen LogP contribution in [-0.4, -0.2) is 72.8 Å². The van der Waals surface area contributed by atoms with E-state index in [9.17, 15) is 14.7 Å². The third-order valence-electron chi connectivity index (χ3n) is 4.60. The molecule has 1 aromatic rings. The van der Waals surface area contributed by atoms with Gasteiger partial charge in [0.1, 0.15) is 11.9 Å². The standard InChI is InChI=1S/C12H15NO.C10H17NO3.C2H6O/c14-12-6-8-13(9-7-12)10-11-4-2-1-3-5-11;1-10(2,3)14-9(13)11-6-4-5-8(11)7-12;1-3-2/h1-6,14H,7-10H2;7-8H,4-6H2,1-3H3;1-2H3. The van der Waals surface area contributed by atoms with Crippen LogP contribution in [0.4, 0.5) is 4.79 Å². The molecular weight excluding hydrogens is 396 g/mol. The Morgan fingerprint density at radius 1 is 1.19 bits per heavy atom. The van der Waals surface area contributed by atoms with Gasteiger partial charge >= 0.3 is 6.09 Å². The van der Waals surface area contributed by atoms with Crippen molar-refractivity contribution < 1.29 is 24.2 Å². The minimum absolute atomic E-state index is 0.287. The number of methoxy groups -OCH3 is 1. The summed E-state index contributed by atoms with van der Waals surface area (Å²) >= 11 is 0. The molecule has 0 spiro atoms. The zero-order chi connectivity index (χ0) is 23.3. The number of benzene rings is 1. The van der Waals surface area contributed by atoms with Gasteiger partial charge < -0.3 is 19.4 Å². The van der Waals surface area contributed by atoms with E-state index in [4.69, 9.17) is 4.74 Å². The average molecular weight is 435 g/mol. The van der Waals surface area contributed by atoms with Gasteiger partial charge in [-0.1, -0.05) is 30.3 Å². The van der Waals surface area contributed by atoms with Crippen molar-refractivity contribution >= 4 is 12.4 Å². The summed E-state index contributed by atoms with van der Waals surface area (Å²) in [5, 5.41) is 9.23. The largest absolute Gasteiger partial charge is 0.513 e. The molecule has 0 radical (unpaired) electrons. The van der Waals surface area contributed by atoms with Gasteiger partial charge in [-0.15, -0.1) is 0 Å². The van der Waals surface area contributed by atoms with Crippen molar-refractivity contribution in [2.45, 2.75) is 58.2 Å². The smallest absolute Gasteiger partial charge is 0.410 e. The van der Waals surface area contributed by atoms with Gasteiger partial charge in [-0.05, 0) is 45.3 Å². The molecule has 3 rings (SSSR count). The van der Waals surface area contributed by atoms with Gasteiger partial charge in [-0.25, -0.2) is 4.79 Å². The molecule has 0 bridgehead atoms. The Hall–Kier alpha value is -2.38. The lowest BCUT2D eigenvalue weighted by Crippen LogP contribution is -2.40. The van der Waals surface area contributed by atoms with E-state index in [1.807, 2.05) is 32.9 Å². The SMILES string of the molecule is CC(C)(C)OC(=O)N1CCCC1C=O.COC.OC1=CCN(Cc2ccccc2)CC1. The average Bonchev–Trinajstić information content (AvgIpc) is 3.20. The van der Waals surface area contributed by atoms with Crippen LogP contribution >= 0.6 is 0 Å². The van der Waals surface area contributed by atoms with Gasteiger partial charge in [0, 0.05) is 46.8 Å². The van der Waals surface area contributed by atoms with E-state index in [2.05, 4.69) is 33.9 Å². The van der Waals surface area contributed by atoms with Crippen molar-refractivity contribution in [3.8, 4) is 0 Å². The van der Waals surface area contributed by atoms with E-state index < -0.39 is 5.60 Å². The highest BCUT2D eigenvalue weighted by Crippen LogP contribution is 2.19. The maximum Gasteiger partial charge on any atom is 0.410 e. The van der Waals surface area contributed by atoms with Crippen molar-refractivity contribution in [3.63, 3.8) is 0 Å². The highest BCUT2D eigenvalue weighted by Gasteiger charge is 2.31. The van der Waals surface area contributed by atoms with Gasteiger partial charge in [0.2, 0.25) is 0 Å². The monoisotopic (exact) mass is 434 g/mol. The summed E-state index contributed by atoms with van der Waals surface area (Å²) in [6.45, 7) is 8.87. The number of carbonyl (C=O) groups is 2. The van der Waals surface area contributed by atoms with Gasteiger partial charge in [0.05, 0.1) is 11.8 Å². The predicted molar refractivity (Wildman–Crippen MR) is 122 cm³/mol. The first kappa shape index (κ1) is 26.7. The van der Waals surface area contributed by atoms with Gasteiger partial charge in [-0.3, -0.25) is 9.80 Å². The zero-order valence-corrected chi connectivity index (χ0v) is 19.5. The van der Waals surface area contributed by atoms with Crippen LogP contribution in [0.25, 0.3) is 0 Å². The number of carbonyl (C=O) groups excluding carboxylic acids is 2. The number of nitrogens with zero attached hydrogens (tertiary/aromatic N) is 2. The van der Waals surface area contributed by atoms with Crippen LogP contribution in [0.5, 0.6) is 0 Å². The zero-order valence-electron chi connectivity index (χ0n) is 19.5. The number of amides is 1. The maximum atomic E-state index is 11.6. The second-order valence-corrected chi connectivity index (χ2v) is 8.59. The Labute approximate surface area is 186 Å². The van der Waals surface area contributed by atoms with Gasteiger partial charge in [0.15, 0.2) is 0 Å². The van der Waals surface area contributed by atoms with E-state index in [1.165, 1.54) is 10.5 Å². The summed E-state index contributed by atoms with van der Waals surface area (Å²) in [5.41, 5.74) is 0.843.